The molecule has 0 aliphatic carbocycles. The van der Waals surface area contributed by atoms with Gasteiger partial charge in [-0.2, -0.15) is 10.4 Å². The minimum absolute atomic E-state index is 0.0830. The molecule has 0 radical (unpaired) electrons. The zero-order valence-corrected chi connectivity index (χ0v) is 14.2. The highest BCUT2D eigenvalue weighted by molar-refractivity contribution is 6.05. The van der Waals surface area contributed by atoms with E-state index in [0.717, 1.165) is 48.3 Å². The molecule has 1 aliphatic rings. The summed E-state index contributed by atoms with van der Waals surface area (Å²) in [6.45, 7) is 5.50. The second kappa shape index (κ2) is 6.48. The minimum atomic E-state index is -0.368. The molecule has 7 heteroatoms. The number of piperidine rings is 1. The summed E-state index contributed by atoms with van der Waals surface area (Å²) in [6, 6.07) is 2.34. The summed E-state index contributed by atoms with van der Waals surface area (Å²) in [6.07, 6.45) is 3.16. The van der Waals surface area contributed by atoms with E-state index in [1.807, 2.05) is 14.0 Å². The number of fused-ring (bicyclic) bond motifs is 1. The number of rotatable bonds is 3. The summed E-state index contributed by atoms with van der Waals surface area (Å²) in [4.78, 5) is 19.0. The van der Waals surface area contributed by atoms with Gasteiger partial charge in [0.2, 0.25) is 0 Å². The predicted molar refractivity (Wildman–Crippen MR) is 89.8 cm³/mol. The molecule has 0 unspecified atom stereocenters. The van der Waals surface area contributed by atoms with Gasteiger partial charge in [-0.15, -0.1) is 0 Å². The SMILES string of the molecule is CCOC(=O)c1cnc2c(c(C)nn2C)c1N1CCC(C#N)CC1. The predicted octanol–water partition coefficient (Wildman–Crippen LogP) is 2.19. The Balaban J connectivity index is 2.13. The molecule has 0 amide bonds. The van der Waals surface area contributed by atoms with E-state index in [1.165, 1.54) is 0 Å². The van der Waals surface area contributed by atoms with Gasteiger partial charge in [0, 0.05) is 32.3 Å². The molecule has 7 nitrogen and oxygen atoms in total. The molecule has 2 aromatic rings. The van der Waals surface area contributed by atoms with Crippen molar-refractivity contribution in [2.24, 2.45) is 13.0 Å². The fourth-order valence-electron chi connectivity index (χ4n) is 3.31. The van der Waals surface area contributed by atoms with Crippen LogP contribution in [0.5, 0.6) is 0 Å². The third kappa shape index (κ3) is 2.68. The maximum atomic E-state index is 12.4. The van der Waals surface area contributed by atoms with Crippen molar-refractivity contribution in [3.05, 3.63) is 17.5 Å². The Kier molecular flexibility index (Phi) is 4.38. The summed E-state index contributed by atoms with van der Waals surface area (Å²) in [5, 5.41) is 14.4. The van der Waals surface area contributed by atoms with Crippen LogP contribution in [-0.2, 0) is 11.8 Å². The van der Waals surface area contributed by atoms with Crippen LogP contribution in [0.25, 0.3) is 11.0 Å². The molecule has 1 aliphatic heterocycles. The van der Waals surface area contributed by atoms with Gasteiger partial charge in [0.15, 0.2) is 5.65 Å². The Bertz CT molecular complexity index is 812. The molecule has 24 heavy (non-hydrogen) atoms. The largest absolute Gasteiger partial charge is 0.462 e. The van der Waals surface area contributed by atoms with Gasteiger partial charge < -0.3 is 9.64 Å². The van der Waals surface area contributed by atoms with E-state index >= 15 is 0 Å². The maximum absolute atomic E-state index is 12.4. The van der Waals surface area contributed by atoms with Gasteiger partial charge in [0.1, 0.15) is 5.56 Å². The molecule has 0 N–H and O–H groups in total. The average molecular weight is 327 g/mol. The van der Waals surface area contributed by atoms with Crippen LogP contribution in [0.1, 0.15) is 35.8 Å². The van der Waals surface area contributed by atoms with E-state index in [4.69, 9.17) is 10.00 Å². The number of esters is 1. The number of carbonyl (C=O) groups excluding carboxylic acids is 1. The van der Waals surface area contributed by atoms with Crippen molar-refractivity contribution in [3.63, 3.8) is 0 Å². The lowest BCUT2D eigenvalue weighted by Gasteiger charge is -2.32. The van der Waals surface area contributed by atoms with E-state index < -0.39 is 0 Å². The monoisotopic (exact) mass is 327 g/mol. The molecule has 2 aromatic heterocycles. The molecule has 0 bridgehead atoms. The van der Waals surface area contributed by atoms with Crippen LogP contribution in [0, 0.1) is 24.2 Å². The lowest BCUT2D eigenvalue weighted by molar-refractivity contribution is 0.0526. The summed E-state index contributed by atoms with van der Waals surface area (Å²) in [5.74, 6) is -0.285. The van der Waals surface area contributed by atoms with Gasteiger partial charge in [-0.05, 0) is 26.7 Å². The normalized spacial score (nSPS) is 15.5. The lowest BCUT2D eigenvalue weighted by Crippen LogP contribution is -2.34. The Hall–Kier alpha value is -2.62. The average Bonchev–Trinajstić information content (AvgIpc) is 2.89. The number of aromatic nitrogens is 3. The first kappa shape index (κ1) is 16.2. The first-order chi connectivity index (χ1) is 11.6. The van der Waals surface area contributed by atoms with Gasteiger partial charge >= 0.3 is 5.97 Å². The summed E-state index contributed by atoms with van der Waals surface area (Å²) in [5.41, 5.74) is 2.89. The van der Waals surface area contributed by atoms with E-state index in [0.29, 0.717) is 12.2 Å². The van der Waals surface area contributed by atoms with Crippen molar-refractivity contribution >= 4 is 22.7 Å². The Morgan fingerprint density at radius 1 is 1.46 bits per heavy atom. The number of hydrogen-bond acceptors (Lipinski definition) is 6. The number of carbonyl (C=O) groups is 1. The number of anilines is 1. The number of aryl methyl sites for hydroxylation is 2. The Morgan fingerprint density at radius 2 is 2.17 bits per heavy atom. The van der Waals surface area contributed by atoms with Gasteiger partial charge in [-0.25, -0.2) is 9.78 Å². The van der Waals surface area contributed by atoms with Crippen LogP contribution in [0.2, 0.25) is 0 Å². The third-order valence-corrected chi connectivity index (χ3v) is 4.49. The fourth-order valence-corrected chi connectivity index (χ4v) is 3.31. The number of pyridine rings is 1. The maximum Gasteiger partial charge on any atom is 0.341 e. The molecule has 1 fully saturated rings. The molecule has 3 rings (SSSR count). The zero-order chi connectivity index (χ0) is 17.3. The molecule has 3 heterocycles. The molecule has 1 saturated heterocycles. The molecule has 0 aromatic carbocycles. The molecule has 0 spiro atoms. The standard InChI is InChI=1S/C17H21N5O2/c1-4-24-17(23)13-10-19-16-14(11(2)20-21(16)3)15(13)22-7-5-12(9-18)6-8-22/h10,12H,4-8H2,1-3H3. The van der Waals surface area contributed by atoms with Gasteiger partial charge in [0.25, 0.3) is 0 Å². The molecular formula is C17H21N5O2. The summed E-state index contributed by atoms with van der Waals surface area (Å²) >= 11 is 0. The number of ether oxygens (including phenoxy) is 1. The highest BCUT2D eigenvalue weighted by Crippen LogP contribution is 2.34. The number of nitriles is 1. The van der Waals surface area contributed by atoms with Gasteiger partial charge in [-0.1, -0.05) is 0 Å². The van der Waals surface area contributed by atoms with Crippen LogP contribution in [-0.4, -0.2) is 40.4 Å². The van der Waals surface area contributed by atoms with Crippen LogP contribution < -0.4 is 4.90 Å². The smallest absolute Gasteiger partial charge is 0.341 e. The fraction of sp³-hybridized carbons (Fsp3) is 0.529. The second-order valence-corrected chi connectivity index (χ2v) is 6.04. The Morgan fingerprint density at radius 3 is 2.79 bits per heavy atom. The van der Waals surface area contributed by atoms with Crippen LogP contribution in [0.15, 0.2) is 6.20 Å². The highest BCUT2D eigenvalue weighted by Gasteiger charge is 2.27. The topological polar surface area (TPSA) is 84.0 Å². The number of hydrogen-bond donors (Lipinski definition) is 0. The van der Waals surface area contributed by atoms with E-state index in [-0.39, 0.29) is 11.9 Å². The van der Waals surface area contributed by atoms with E-state index in [1.54, 1.807) is 17.8 Å². The van der Waals surface area contributed by atoms with Crippen LogP contribution >= 0.6 is 0 Å². The van der Waals surface area contributed by atoms with Crippen molar-refractivity contribution in [3.8, 4) is 6.07 Å². The van der Waals surface area contributed by atoms with Crippen LogP contribution in [0.4, 0.5) is 5.69 Å². The summed E-state index contributed by atoms with van der Waals surface area (Å²) < 4.78 is 6.94. The molecule has 0 saturated carbocycles. The van der Waals surface area contributed by atoms with Crippen molar-refractivity contribution < 1.29 is 9.53 Å². The van der Waals surface area contributed by atoms with Gasteiger partial charge in [-0.3, -0.25) is 4.68 Å². The molecular weight excluding hydrogens is 306 g/mol. The first-order valence-corrected chi connectivity index (χ1v) is 8.20. The summed E-state index contributed by atoms with van der Waals surface area (Å²) in [7, 11) is 1.85. The number of nitrogens with zero attached hydrogens (tertiary/aromatic N) is 5. The molecule has 0 atom stereocenters. The van der Waals surface area contributed by atoms with Crippen molar-refractivity contribution in [1.29, 1.82) is 5.26 Å². The Labute approximate surface area is 140 Å². The quantitative estimate of drug-likeness (QED) is 0.804. The lowest BCUT2D eigenvalue weighted by atomic mass is 9.97. The van der Waals surface area contributed by atoms with E-state index in [2.05, 4.69) is 21.1 Å². The molecule has 126 valence electrons. The first-order valence-electron chi connectivity index (χ1n) is 8.20. The van der Waals surface area contributed by atoms with Gasteiger partial charge in [0.05, 0.1) is 29.4 Å². The zero-order valence-electron chi connectivity index (χ0n) is 14.2. The van der Waals surface area contributed by atoms with Crippen molar-refractivity contribution in [2.45, 2.75) is 26.7 Å². The minimum Gasteiger partial charge on any atom is -0.462 e. The third-order valence-electron chi connectivity index (χ3n) is 4.49. The van der Waals surface area contributed by atoms with Crippen LogP contribution in [0.3, 0.4) is 0 Å². The van der Waals surface area contributed by atoms with Crippen molar-refractivity contribution in [2.75, 3.05) is 24.6 Å². The van der Waals surface area contributed by atoms with E-state index in [9.17, 15) is 4.79 Å². The highest BCUT2D eigenvalue weighted by atomic mass is 16.5. The van der Waals surface area contributed by atoms with Crippen molar-refractivity contribution in [1.82, 2.24) is 14.8 Å². The second-order valence-electron chi connectivity index (χ2n) is 6.04.